The minimum Gasteiger partial charge on any atom is -0.343 e. The van der Waals surface area contributed by atoms with Crippen LogP contribution in [-0.4, -0.2) is 17.1 Å². The van der Waals surface area contributed by atoms with Crippen LogP contribution in [-0.2, 0) is 14.4 Å². The van der Waals surface area contributed by atoms with Crippen molar-refractivity contribution in [3.8, 4) is 0 Å². The molecule has 0 bridgehead atoms. The Balaban J connectivity index is 2.86. The molecule has 0 aromatic heterocycles. The van der Waals surface area contributed by atoms with E-state index in [9.17, 15) is 9.67 Å². The fourth-order valence-corrected chi connectivity index (χ4v) is 2.39. The smallest absolute Gasteiger partial charge is 0.343 e. The zero-order valence-corrected chi connectivity index (χ0v) is 11.8. The monoisotopic (exact) mass is 275 g/mol. The molecule has 0 fully saturated rings. The van der Waals surface area contributed by atoms with Crippen LogP contribution < -0.4 is 0 Å². The van der Waals surface area contributed by atoms with E-state index in [-0.39, 0.29) is 12.0 Å². The Labute approximate surface area is 108 Å². The summed E-state index contributed by atoms with van der Waals surface area (Å²) in [5, 5.41) is 8.74. The third kappa shape index (κ3) is 3.75. The summed E-state index contributed by atoms with van der Waals surface area (Å²) < 4.78 is 17.1. The van der Waals surface area contributed by atoms with Gasteiger partial charge in [-0.1, -0.05) is 29.8 Å². The SMILES string of the molecule is Cc1ccc(C(C)(O)[P+](=O)OC(C)CCl)cc1. The molecule has 0 saturated carbocycles. The van der Waals surface area contributed by atoms with Gasteiger partial charge in [-0.25, -0.2) is 0 Å². The maximum atomic E-state index is 11.9. The van der Waals surface area contributed by atoms with Gasteiger partial charge < -0.3 is 5.11 Å². The number of benzene rings is 1. The Morgan fingerprint density at radius 2 is 2.00 bits per heavy atom. The lowest BCUT2D eigenvalue weighted by Crippen LogP contribution is -2.19. The molecule has 0 amide bonds. The molecule has 0 heterocycles. The first kappa shape index (κ1) is 14.6. The van der Waals surface area contributed by atoms with Gasteiger partial charge in [0.2, 0.25) is 0 Å². The van der Waals surface area contributed by atoms with Crippen molar-refractivity contribution in [2.45, 2.75) is 32.2 Å². The van der Waals surface area contributed by atoms with Gasteiger partial charge in [0.1, 0.15) is 6.10 Å². The van der Waals surface area contributed by atoms with Gasteiger partial charge in [0, 0.05) is 12.5 Å². The maximum absolute atomic E-state index is 11.9. The van der Waals surface area contributed by atoms with Gasteiger partial charge in [0.05, 0.1) is 5.88 Å². The molecule has 17 heavy (non-hydrogen) atoms. The van der Waals surface area contributed by atoms with Crippen LogP contribution in [0.4, 0.5) is 0 Å². The summed E-state index contributed by atoms with van der Waals surface area (Å²) >= 11 is 5.58. The Kier molecular flexibility index (Phi) is 5.08. The maximum Gasteiger partial charge on any atom is 0.548 e. The largest absolute Gasteiger partial charge is 0.548 e. The first-order chi connectivity index (χ1) is 7.87. The highest BCUT2D eigenvalue weighted by atomic mass is 35.5. The second-order valence-corrected chi connectivity index (χ2v) is 6.12. The van der Waals surface area contributed by atoms with Gasteiger partial charge in [-0.05, 0) is 18.4 Å². The Hall–Kier alpha value is -0.470. The van der Waals surface area contributed by atoms with Crippen molar-refractivity contribution >= 4 is 19.6 Å². The van der Waals surface area contributed by atoms with Crippen LogP contribution in [0.2, 0.25) is 0 Å². The van der Waals surface area contributed by atoms with E-state index in [4.69, 9.17) is 16.1 Å². The number of hydrogen-bond donors (Lipinski definition) is 1. The number of aryl methyl sites for hydroxylation is 1. The molecule has 1 aromatic rings. The zero-order valence-electron chi connectivity index (χ0n) is 10.2. The molecule has 1 aromatic carbocycles. The van der Waals surface area contributed by atoms with Gasteiger partial charge in [-0.2, -0.15) is 0 Å². The van der Waals surface area contributed by atoms with Gasteiger partial charge in [0.15, 0.2) is 0 Å². The van der Waals surface area contributed by atoms with Crippen molar-refractivity contribution in [1.29, 1.82) is 0 Å². The molecule has 1 rings (SSSR count). The van der Waals surface area contributed by atoms with E-state index in [1.165, 1.54) is 6.92 Å². The number of rotatable bonds is 5. The summed E-state index contributed by atoms with van der Waals surface area (Å²) in [6, 6.07) is 7.21. The van der Waals surface area contributed by atoms with E-state index in [2.05, 4.69) is 0 Å². The zero-order chi connectivity index (χ0) is 13.1. The van der Waals surface area contributed by atoms with Crippen molar-refractivity contribution in [3.05, 3.63) is 35.4 Å². The Bertz CT molecular complexity index is 389. The van der Waals surface area contributed by atoms with Crippen LogP contribution in [0.15, 0.2) is 24.3 Å². The average molecular weight is 276 g/mol. The quantitative estimate of drug-likeness (QED) is 0.660. The predicted molar refractivity (Wildman–Crippen MR) is 69.6 cm³/mol. The molecule has 0 saturated heterocycles. The van der Waals surface area contributed by atoms with Crippen molar-refractivity contribution in [2.24, 2.45) is 0 Å². The van der Waals surface area contributed by atoms with Crippen LogP contribution in [0.3, 0.4) is 0 Å². The fraction of sp³-hybridized carbons (Fsp3) is 0.500. The topological polar surface area (TPSA) is 46.5 Å². The third-order valence-electron chi connectivity index (χ3n) is 2.45. The van der Waals surface area contributed by atoms with Gasteiger partial charge in [-0.3, -0.25) is 0 Å². The molecule has 3 unspecified atom stereocenters. The van der Waals surface area contributed by atoms with Gasteiger partial charge in [-0.15, -0.1) is 16.1 Å². The van der Waals surface area contributed by atoms with Crippen LogP contribution in [0, 0.1) is 6.92 Å². The van der Waals surface area contributed by atoms with Crippen LogP contribution in [0.5, 0.6) is 0 Å². The van der Waals surface area contributed by atoms with Crippen molar-refractivity contribution in [2.75, 3.05) is 5.88 Å². The molecule has 0 spiro atoms. The summed E-state index contributed by atoms with van der Waals surface area (Å²) in [7, 11) is -2.23. The lowest BCUT2D eigenvalue weighted by atomic mass is 10.1. The molecule has 0 aliphatic rings. The van der Waals surface area contributed by atoms with Gasteiger partial charge >= 0.3 is 13.4 Å². The fourth-order valence-electron chi connectivity index (χ4n) is 1.27. The summed E-state index contributed by atoms with van der Waals surface area (Å²) in [6.07, 6.45) is -0.350. The summed E-state index contributed by atoms with van der Waals surface area (Å²) in [5.74, 6) is 0.241. The number of halogens is 1. The predicted octanol–water partition coefficient (Wildman–Crippen LogP) is 3.55. The molecule has 3 atom stereocenters. The lowest BCUT2D eigenvalue weighted by molar-refractivity contribution is 0.117. The first-order valence-corrected chi connectivity index (χ1v) is 7.08. The van der Waals surface area contributed by atoms with Gasteiger partial charge in [0.25, 0.3) is 0 Å². The molecule has 0 aliphatic heterocycles. The van der Waals surface area contributed by atoms with Crippen LogP contribution in [0.25, 0.3) is 0 Å². The van der Waals surface area contributed by atoms with Crippen molar-refractivity contribution in [1.82, 2.24) is 0 Å². The molecule has 94 valence electrons. The van der Waals surface area contributed by atoms with Crippen LogP contribution >= 0.6 is 19.6 Å². The second-order valence-electron chi connectivity index (χ2n) is 4.21. The highest BCUT2D eigenvalue weighted by Gasteiger charge is 2.47. The third-order valence-corrected chi connectivity index (χ3v) is 4.40. The number of hydrogen-bond acceptors (Lipinski definition) is 3. The number of alkyl halides is 1. The molecule has 5 heteroatoms. The summed E-state index contributed by atoms with van der Waals surface area (Å²) in [6.45, 7) is 5.15. The van der Waals surface area contributed by atoms with Crippen molar-refractivity contribution in [3.63, 3.8) is 0 Å². The summed E-state index contributed by atoms with van der Waals surface area (Å²) in [4.78, 5) is 0. The molecular formula is C12H17ClO3P+. The van der Waals surface area contributed by atoms with E-state index in [1.807, 2.05) is 19.1 Å². The number of aliphatic hydroxyl groups is 1. The molecular weight excluding hydrogens is 259 g/mol. The molecule has 3 nitrogen and oxygen atoms in total. The highest BCUT2D eigenvalue weighted by molar-refractivity contribution is 7.40. The molecule has 0 aliphatic carbocycles. The molecule has 0 radical (unpaired) electrons. The van der Waals surface area contributed by atoms with Crippen LogP contribution in [0.1, 0.15) is 25.0 Å². The minimum atomic E-state index is -2.23. The summed E-state index contributed by atoms with van der Waals surface area (Å²) in [5.41, 5.74) is 1.65. The van der Waals surface area contributed by atoms with E-state index >= 15 is 0 Å². The van der Waals surface area contributed by atoms with E-state index < -0.39 is 13.4 Å². The second kappa shape index (κ2) is 5.92. The molecule has 1 N–H and O–H groups in total. The Morgan fingerprint density at radius 1 is 1.47 bits per heavy atom. The van der Waals surface area contributed by atoms with Crippen molar-refractivity contribution < 1.29 is 14.2 Å². The van der Waals surface area contributed by atoms with E-state index in [0.29, 0.717) is 5.56 Å². The Morgan fingerprint density at radius 3 is 2.47 bits per heavy atom. The average Bonchev–Trinajstić information content (AvgIpc) is 2.29. The highest BCUT2D eigenvalue weighted by Crippen LogP contribution is 2.46. The van der Waals surface area contributed by atoms with E-state index in [0.717, 1.165) is 5.56 Å². The van der Waals surface area contributed by atoms with E-state index in [1.54, 1.807) is 19.1 Å². The normalized spacial score (nSPS) is 17.4. The lowest BCUT2D eigenvalue weighted by Gasteiger charge is -2.12. The first-order valence-electron chi connectivity index (χ1n) is 5.37. The standard InChI is InChI=1S/C12H17ClO3P/c1-9-4-6-11(7-5-9)12(3,14)17(15)16-10(2)8-13/h4-7,10,14H,8H2,1-3H3/q+1. The minimum absolute atomic E-state index is 0.241.